The van der Waals surface area contributed by atoms with E-state index < -0.39 is 0 Å². The van der Waals surface area contributed by atoms with Crippen molar-refractivity contribution in [2.24, 2.45) is 5.92 Å². The SMILES string of the molecule is CCCCCCCCNC1CC(C)(CC)NC(C)(CC)C1C. The van der Waals surface area contributed by atoms with Gasteiger partial charge in [0.15, 0.2) is 0 Å². The van der Waals surface area contributed by atoms with Crippen LogP contribution in [0.1, 0.15) is 99.3 Å². The van der Waals surface area contributed by atoms with Crippen molar-refractivity contribution < 1.29 is 0 Å². The molecule has 1 fully saturated rings. The first kappa shape index (κ1) is 20.0. The van der Waals surface area contributed by atoms with Crippen molar-refractivity contribution in [3.8, 4) is 0 Å². The van der Waals surface area contributed by atoms with Crippen LogP contribution in [-0.4, -0.2) is 23.7 Å². The lowest BCUT2D eigenvalue weighted by molar-refractivity contribution is 0.0586. The first-order valence-electron chi connectivity index (χ1n) is 9.93. The van der Waals surface area contributed by atoms with Crippen LogP contribution in [-0.2, 0) is 0 Å². The van der Waals surface area contributed by atoms with Gasteiger partial charge in [-0.2, -0.15) is 0 Å². The molecule has 0 spiro atoms. The van der Waals surface area contributed by atoms with Gasteiger partial charge in [0.2, 0.25) is 0 Å². The molecule has 0 amide bonds. The molecule has 0 radical (unpaired) electrons. The fourth-order valence-corrected chi connectivity index (χ4v) is 4.05. The highest BCUT2D eigenvalue weighted by Gasteiger charge is 2.45. The Morgan fingerprint density at radius 2 is 1.59 bits per heavy atom. The zero-order valence-electron chi connectivity index (χ0n) is 16.2. The van der Waals surface area contributed by atoms with Crippen molar-refractivity contribution in [2.45, 2.75) is 116 Å². The summed E-state index contributed by atoms with van der Waals surface area (Å²) in [4.78, 5) is 0. The maximum absolute atomic E-state index is 3.97. The van der Waals surface area contributed by atoms with Crippen LogP contribution in [0.15, 0.2) is 0 Å². The predicted octanol–water partition coefficient (Wildman–Crippen LogP) is 5.27. The fourth-order valence-electron chi connectivity index (χ4n) is 4.05. The van der Waals surface area contributed by atoms with Crippen LogP contribution in [0.3, 0.4) is 0 Å². The second kappa shape index (κ2) is 9.27. The number of rotatable bonds is 10. The van der Waals surface area contributed by atoms with Crippen molar-refractivity contribution in [2.75, 3.05) is 6.54 Å². The van der Waals surface area contributed by atoms with Crippen LogP contribution in [0.4, 0.5) is 0 Å². The third-order valence-corrected chi connectivity index (χ3v) is 6.32. The van der Waals surface area contributed by atoms with Gasteiger partial charge in [-0.25, -0.2) is 0 Å². The Morgan fingerprint density at radius 1 is 0.955 bits per heavy atom. The summed E-state index contributed by atoms with van der Waals surface area (Å²) >= 11 is 0. The number of hydrogen-bond acceptors (Lipinski definition) is 2. The Kier molecular flexibility index (Phi) is 8.42. The van der Waals surface area contributed by atoms with Gasteiger partial charge < -0.3 is 10.6 Å². The van der Waals surface area contributed by atoms with Crippen molar-refractivity contribution in [3.05, 3.63) is 0 Å². The second-order valence-electron chi connectivity index (χ2n) is 8.13. The average Bonchev–Trinajstić information content (AvgIpc) is 2.51. The fraction of sp³-hybridized carbons (Fsp3) is 1.00. The van der Waals surface area contributed by atoms with Crippen LogP contribution >= 0.6 is 0 Å². The molecule has 2 N–H and O–H groups in total. The lowest BCUT2D eigenvalue weighted by Gasteiger charge is -2.54. The molecule has 0 bridgehead atoms. The molecule has 1 rings (SSSR count). The molecule has 1 heterocycles. The summed E-state index contributed by atoms with van der Waals surface area (Å²) < 4.78 is 0. The van der Waals surface area contributed by atoms with Gasteiger partial charge >= 0.3 is 0 Å². The third-order valence-electron chi connectivity index (χ3n) is 6.32. The van der Waals surface area contributed by atoms with Crippen molar-refractivity contribution in [3.63, 3.8) is 0 Å². The molecule has 2 heteroatoms. The lowest BCUT2D eigenvalue weighted by atomic mass is 9.69. The normalized spacial score (nSPS) is 35.7. The molecule has 0 aromatic heterocycles. The summed E-state index contributed by atoms with van der Waals surface area (Å²) in [6.45, 7) is 15.4. The smallest absolute Gasteiger partial charge is 0.0196 e. The number of piperidine rings is 1. The van der Waals surface area contributed by atoms with Crippen molar-refractivity contribution in [1.29, 1.82) is 0 Å². The van der Waals surface area contributed by atoms with E-state index in [0.717, 1.165) is 0 Å². The molecule has 2 nitrogen and oxygen atoms in total. The van der Waals surface area contributed by atoms with Gasteiger partial charge in [-0.3, -0.25) is 0 Å². The Morgan fingerprint density at radius 3 is 2.18 bits per heavy atom. The highest BCUT2D eigenvalue weighted by molar-refractivity contribution is 5.06. The number of hydrogen-bond donors (Lipinski definition) is 2. The van der Waals surface area contributed by atoms with E-state index in [-0.39, 0.29) is 11.1 Å². The molecule has 4 unspecified atom stereocenters. The van der Waals surface area contributed by atoms with Crippen LogP contribution in [0.5, 0.6) is 0 Å². The van der Waals surface area contributed by atoms with Crippen molar-refractivity contribution in [1.82, 2.24) is 10.6 Å². The van der Waals surface area contributed by atoms with Crippen LogP contribution in [0.25, 0.3) is 0 Å². The van der Waals surface area contributed by atoms with E-state index in [4.69, 9.17) is 0 Å². The zero-order valence-corrected chi connectivity index (χ0v) is 16.2. The molecule has 0 saturated carbocycles. The van der Waals surface area contributed by atoms with E-state index in [1.165, 1.54) is 64.3 Å². The summed E-state index contributed by atoms with van der Waals surface area (Å²) in [5.41, 5.74) is 0.553. The molecular weight excluding hydrogens is 268 g/mol. The molecule has 0 aliphatic carbocycles. The van der Waals surface area contributed by atoms with E-state index in [9.17, 15) is 0 Å². The molecule has 0 aromatic rings. The van der Waals surface area contributed by atoms with Gasteiger partial charge in [0, 0.05) is 17.1 Å². The Balaban J connectivity index is 2.43. The predicted molar refractivity (Wildman–Crippen MR) is 99.5 cm³/mol. The van der Waals surface area contributed by atoms with Gasteiger partial charge in [0.25, 0.3) is 0 Å². The van der Waals surface area contributed by atoms with E-state index in [1.54, 1.807) is 0 Å². The molecule has 4 atom stereocenters. The largest absolute Gasteiger partial charge is 0.314 e. The number of unbranched alkanes of at least 4 members (excludes halogenated alkanes) is 5. The van der Waals surface area contributed by atoms with E-state index in [0.29, 0.717) is 12.0 Å². The summed E-state index contributed by atoms with van der Waals surface area (Å²) in [5, 5.41) is 7.87. The zero-order chi connectivity index (χ0) is 16.6. The van der Waals surface area contributed by atoms with Gasteiger partial charge in [-0.15, -0.1) is 0 Å². The van der Waals surface area contributed by atoms with Gasteiger partial charge in [0.05, 0.1) is 0 Å². The minimum Gasteiger partial charge on any atom is -0.314 e. The molecule has 22 heavy (non-hydrogen) atoms. The Labute approximate surface area is 140 Å². The standard InChI is InChI=1S/C20H42N2/c1-7-10-11-12-13-14-15-21-18-16-19(5,8-2)22-20(6,9-3)17(18)4/h17-18,21-22H,7-16H2,1-6H3. The first-order valence-corrected chi connectivity index (χ1v) is 9.93. The summed E-state index contributed by atoms with van der Waals surface area (Å²) in [5.74, 6) is 0.692. The van der Waals surface area contributed by atoms with Gasteiger partial charge in [-0.1, -0.05) is 59.8 Å². The topological polar surface area (TPSA) is 24.1 Å². The molecule has 1 aliphatic heterocycles. The van der Waals surface area contributed by atoms with Gasteiger partial charge in [0.1, 0.15) is 0 Å². The molecule has 132 valence electrons. The van der Waals surface area contributed by atoms with Gasteiger partial charge in [-0.05, 0) is 52.0 Å². The summed E-state index contributed by atoms with van der Waals surface area (Å²) in [7, 11) is 0. The maximum Gasteiger partial charge on any atom is 0.0196 e. The van der Waals surface area contributed by atoms with E-state index >= 15 is 0 Å². The maximum atomic E-state index is 3.97. The molecular formula is C20H42N2. The van der Waals surface area contributed by atoms with Crippen molar-refractivity contribution >= 4 is 0 Å². The number of nitrogens with one attached hydrogen (secondary N) is 2. The quantitative estimate of drug-likeness (QED) is 0.537. The molecule has 1 saturated heterocycles. The van der Waals surface area contributed by atoms with Crippen LogP contribution in [0, 0.1) is 5.92 Å². The second-order valence-corrected chi connectivity index (χ2v) is 8.13. The molecule has 0 aromatic carbocycles. The van der Waals surface area contributed by atoms with E-state index in [2.05, 4.69) is 52.2 Å². The average molecular weight is 311 g/mol. The lowest BCUT2D eigenvalue weighted by Crippen LogP contribution is -2.68. The highest BCUT2D eigenvalue weighted by atomic mass is 15.1. The third kappa shape index (κ3) is 5.53. The van der Waals surface area contributed by atoms with Crippen LogP contribution in [0.2, 0.25) is 0 Å². The minimum absolute atomic E-state index is 0.266. The Hall–Kier alpha value is -0.0800. The monoisotopic (exact) mass is 310 g/mol. The summed E-state index contributed by atoms with van der Waals surface area (Å²) in [6.07, 6.45) is 12.0. The van der Waals surface area contributed by atoms with Crippen LogP contribution < -0.4 is 10.6 Å². The molecule has 1 aliphatic rings. The Bertz CT molecular complexity index is 304. The first-order chi connectivity index (χ1) is 10.4. The van der Waals surface area contributed by atoms with E-state index in [1.807, 2.05) is 0 Å². The highest BCUT2D eigenvalue weighted by Crippen LogP contribution is 2.37. The minimum atomic E-state index is 0.266. The summed E-state index contributed by atoms with van der Waals surface area (Å²) in [6, 6.07) is 0.659.